The largest absolute Gasteiger partial charge is 0.497 e. The van der Waals surface area contributed by atoms with Gasteiger partial charge in [0.1, 0.15) is 17.1 Å². The van der Waals surface area contributed by atoms with Crippen molar-refractivity contribution in [2.24, 2.45) is 0 Å². The Morgan fingerprint density at radius 1 is 1.24 bits per heavy atom. The van der Waals surface area contributed by atoms with Crippen LogP contribution in [0.3, 0.4) is 0 Å². The van der Waals surface area contributed by atoms with Gasteiger partial charge in [0, 0.05) is 12.1 Å². The Balaban J connectivity index is 2.15. The number of anilines is 1. The summed E-state index contributed by atoms with van der Waals surface area (Å²) < 4.78 is 18.3. The highest BCUT2D eigenvalue weighted by Gasteiger charge is 2.24. The number of benzene rings is 2. The number of methoxy groups -OCH3 is 1. The van der Waals surface area contributed by atoms with Gasteiger partial charge in [0.25, 0.3) is 0 Å². The van der Waals surface area contributed by atoms with Crippen molar-refractivity contribution in [1.82, 2.24) is 0 Å². The number of rotatable bonds is 5. The molecule has 4 heteroatoms. The van der Waals surface area contributed by atoms with E-state index in [0.717, 1.165) is 17.0 Å². The Morgan fingerprint density at radius 3 is 2.52 bits per heavy atom. The van der Waals surface area contributed by atoms with E-state index in [0.29, 0.717) is 6.42 Å². The fourth-order valence-corrected chi connectivity index (χ4v) is 2.16. The zero-order chi connectivity index (χ0) is 15.3. The van der Waals surface area contributed by atoms with Crippen molar-refractivity contribution in [1.29, 1.82) is 5.26 Å². The molecule has 0 bridgehead atoms. The summed E-state index contributed by atoms with van der Waals surface area (Å²) in [6.45, 7) is 1.79. The van der Waals surface area contributed by atoms with Gasteiger partial charge in [-0.05, 0) is 48.9 Å². The van der Waals surface area contributed by atoms with E-state index >= 15 is 0 Å². The third-order valence-electron chi connectivity index (χ3n) is 3.20. The van der Waals surface area contributed by atoms with Gasteiger partial charge in [-0.1, -0.05) is 12.1 Å². The maximum atomic E-state index is 13.2. The summed E-state index contributed by atoms with van der Waals surface area (Å²) >= 11 is 0. The molecular weight excluding hydrogens is 267 g/mol. The van der Waals surface area contributed by atoms with Gasteiger partial charge in [-0.25, -0.2) is 4.39 Å². The molecule has 0 aliphatic rings. The lowest BCUT2D eigenvalue weighted by molar-refractivity contribution is 0.415. The minimum atomic E-state index is -0.817. The Hall–Kier alpha value is -2.54. The molecule has 0 spiro atoms. The molecule has 2 rings (SSSR count). The SMILES string of the molecule is COc1ccc(NC(C)(C#N)Cc2cccc(F)c2)cc1. The molecule has 1 N–H and O–H groups in total. The van der Waals surface area contributed by atoms with Gasteiger partial charge in [0.15, 0.2) is 0 Å². The number of ether oxygens (including phenoxy) is 1. The number of halogens is 1. The van der Waals surface area contributed by atoms with Crippen LogP contribution in [0.2, 0.25) is 0 Å². The summed E-state index contributed by atoms with van der Waals surface area (Å²) in [5.41, 5.74) is 0.777. The van der Waals surface area contributed by atoms with Gasteiger partial charge >= 0.3 is 0 Å². The summed E-state index contributed by atoms with van der Waals surface area (Å²) in [4.78, 5) is 0. The van der Waals surface area contributed by atoms with Crippen LogP contribution >= 0.6 is 0 Å². The van der Waals surface area contributed by atoms with Gasteiger partial charge in [-0.2, -0.15) is 5.26 Å². The third-order valence-corrected chi connectivity index (χ3v) is 3.20. The van der Waals surface area contributed by atoms with Crippen molar-refractivity contribution in [2.45, 2.75) is 18.9 Å². The van der Waals surface area contributed by atoms with Crippen LogP contribution in [-0.4, -0.2) is 12.6 Å². The van der Waals surface area contributed by atoms with E-state index in [1.165, 1.54) is 12.1 Å². The van der Waals surface area contributed by atoms with E-state index in [4.69, 9.17) is 4.74 Å². The molecule has 0 amide bonds. The highest BCUT2D eigenvalue weighted by molar-refractivity contribution is 5.50. The molecule has 0 aliphatic carbocycles. The minimum absolute atomic E-state index is 0.294. The normalized spacial score (nSPS) is 13.0. The standard InChI is InChI=1S/C17H17FN2O/c1-17(12-19,11-13-4-3-5-14(18)10-13)20-15-6-8-16(21-2)9-7-15/h3-10,20H,11H2,1-2H3. The van der Waals surface area contributed by atoms with E-state index in [1.54, 1.807) is 20.1 Å². The Labute approximate surface area is 124 Å². The van der Waals surface area contributed by atoms with Crippen molar-refractivity contribution in [3.8, 4) is 11.8 Å². The zero-order valence-corrected chi connectivity index (χ0v) is 12.1. The summed E-state index contributed by atoms with van der Waals surface area (Å²) in [6, 6.07) is 15.9. The number of nitrogens with zero attached hydrogens (tertiary/aromatic N) is 1. The van der Waals surface area contributed by atoms with E-state index in [9.17, 15) is 9.65 Å². The number of hydrogen-bond acceptors (Lipinski definition) is 3. The first-order valence-corrected chi connectivity index (χ1v) is 6.62. The van der Waals surface area contributed by atoms with E-state index in [-0.39, 0.29) is 5.82 Å². The lowest BCUT2D eigenvalue weighted by Crippen LogP contribution is -2.35. The Morgan fingerprint density at radius 2 is 1.95 bits per heavy atom. The molecule has 3 nitrogen and oxygen atoms in total. The highest BCUT2D eigenvalue weighted by Crippen LogP contribution is 2.22. The van der Waals surface area contributed by atoms with Crippen LogP contribution in [0.25, 0.3) is 0 Å². The minimum Gasteiger partial charge on any atom is -0.497 e. The first-order valence-electron chi connectivity index (χ1n) is 6.62. The molecule has 0 radical (unpaired) electrons. The predicted molar refractivity (Wildman–Crippen MR) is 80.7 cm³/mol. The predicted octanol–water partition coefficient (Wildman–Crippen LogP) is 3.77. The van der Waals surface area contributed by atoms with Gasteiger partial charge in [0.05, 0.1) is 13.2 Å². The van der Waals surface area contributed by atoms with Crippen LogP contribution in [0.1, 0.15) is 12.5 Å². The number of hydrogen-bond donors (Lipinski definition) is 1. The monoisotopic (exact) mass is 284 g/mol. The fourth-order valence-electron chi connectivity index (χ4n) is 2.16. The second kappa shape index (κ2) is 6.27. The molecule has 1 atom stereocenters. The summed E-state index contributed by atoms with van der Waals surface area (Å²) in [7, 11) is 1.60. The molecule has 21 heavy (non-hydrogen) atoms. The summed E-state index contributed by atoms with van der Waals surface area (Å²) in [5.74, 6) is 0.460. The van der Waals surface area contributed by atoms with Crippen molar-refractivity contribution in [2.75, 3.05) is 12.4 Å². The van der Waals surface area contributed by atoms with Crippen LogP contribution in [-0.2, 0) is 6.42 Å². The molecule has 108 valence electrons. The van der Waals surface area contributed by atoms with Crippen molar-refractivity contribution < 1.29 is 9.13 Å². The van der Waals surface area contributed by atoms with Gasteiger partial charge in [-0.15, -0.1) is 0 Å². The zero-order valence-electron chi connectivity index (χ0n) is 12.1. The second-order valence-corrected chi connectivity index (χ2v) is 5.10. The fraction of sp³-hybridized carbons (Fsp3) is 0.235. The molecule has 1 unspecified atom stereocenters. The Kier molecular flexibility index (Phi) is 4.44. The maximum absolute atomic E-state index is 13.2. The molecule has 2 aromatic rings. The molecule has 0 heterocycles. The van der Waals surface area contributed by atoms with Crippen LogP contribution in [0.4, 0.5) is 10.1 Å². The van der Waals surface area contributed by atoms with E-state index < -0.39 is 5.54 Å². The Bertz CT molecular complexity index is 649. The molecular formula is C17H17FN2O. The average molecular weight is 284 g/mol. The van der Waals surface area contributed by atoms with E-state index in [1.807, 2.05) is 30.3 Å². The quantitative estimate of drug-likeness (QED) is 0.909. The first-order chi connectivity index (χ1) is 10.0. The molecule has 0 aromatic heterocycles. The topological polar surface area (TPSA) is 45.0 Å². The van der Waals surface area contributed by atoms with Gasteiger partial charge in [-0.3, -0.25) is 0 Å². The van der Waals surface area contributed by atoms with Crippen LogP contribution < -0.4 is 10.1 Å². The van der Waals surface area contributed by atoms with Crippen LogP contribution in [0.5, 0.6) is 5.75 Å². The van der Waals surface area contributed by atoms with Crippen LogP contribution in [0, 0.1) is 17.1 Å². The van der Waals surface area contributed by atoms with Crippen molar-refractivity contribution >= 4 is 5.69 Å². The maximum Gasteiger partial charge on any atom is 0.126 e. The number of nitrogens with one attached hydrogen (secondary N) is 1. The number of nitriles is 1. The smallest absolute Gasteiger partial charge is 0.126 e. The van der Waals surface area contributed by atoms with Gasteiger partial charge < -0.3 is 10.1 Å². The lowest BCUT2D eigenvalue weighted by atomic mass is 9.94. The van der Waals surface area contributed by atoms with Crippen LogP contribution in [0.15, 0.2) is 48.5 Å². The van der Waals surface area contributed by atoms with E-state index in [2.05, 4.69) is 11.4 Å². The van der Waals surface area contributed by atoms with Crippen molar-refractivity contribution in [3.05, 3.63) is 59.9 Å². The first kappa shape index (κ1) is 14.9. The molecule has 0 fully saturated rings. The summed E-state index contributed by atoms with van der Waals surface area (Å²) in [5, 5.41) is 12.6. The molecule has 0 saturated heterocycles. The van der Waals surface area contributed by atoms with Crippen molar-refractivity contribution in [3.63, 3.8) is 0 Å². The lowest BCUT2D eigenvalue weighted by Gasteiger charge is -2.24. The molecule has 0 aliphatic heterocycles. The van der Waals surface area contributed by atoms with Gasteiger partial charge in [0.2, 0.25) is 0 Å². The average Bonchev–Trinajstić information content (AvgIpc) is 2.48. The summed E-state index contributed by atoms with van der Waals surface area (Å²) in [6.07, 6.45) is 0.410. The molecule has 0 saturated carbocycles. The highest BCUT2D eigenvalue weighted by atomic mass is 19.1. The third kappa shape index (κ3) is 3.96. The molecule has 2 aromatic carbocycles. The second-order valence-electron chi connectivity index (χ2n) is 5.10.